The molecule has 1 aliphatic heterocycles. The summed E-state index contributed by atoms with van der Waals surface area (Å²) in [5, 5.41) is 4.92. The minimum atomic E-state index is 0.612. The minimum Gasteiger partial charge on any atom is -0.497 e. The first-order chi connectivity index (χ1) is 9.33. The van der Waals surface area contributed by atoms with Crippen molar-refractivity contribution in [3.63, 3.8) is 0 Å². The van der Waals surface area contributed by atoms with Gasteiger partial charge in [0.1, 0.15) is 5.75 Å². The molecule has 2 N–H and O–H groups in total. The summed E-state index contributed by atoms with van der Waals surface area (Å²) in [4.78, 5) is 3.65. The number of methoxy groups -OCH3 is 1. The summed E-state index contributed by atoms with van der Waals surface area (Å²) in [6.07, 6.45) is 3.58. The van der Waals surface area contributed by atoms with Crippen LogP contribution in [-0.4, -0.2) is 25.2 Å². The van der Waals surface area contributed by atoms with Gasteiger partial charge in [0, 0.05) is 35.1 Å². The maximum absolute atomic E-state index is 5.32. The molecular weight excluding hydrogens is 236 g/mol. The fraction of sp³-hybridized carbons (Fsp3) is 0.500. The highest BCUT2D eigenvalue weighted by Gasteiger charge is 2.21. The van der Waals surface area contributed by atoms with Gasteiger partial charge in [-0.25, -0.2) is 0 Å². The molecule has 1 aliphatic rings. The monoisotopic (exact) mass is 258 g/mol. The van der Waals surface area contributed by atoms with Crippen molar-refractivity contribution in [3.8, 4) is 5.75 Å². The van der Waals surface area contributed by atoms with Crippen LogP contribution >= 0.6 is 0 Å². The summed E-state index contributed by atoms with van der Waals surface area (Å²) in [7, 11) is 1.72. The van der Waals surface area contributed by atoms with Gasteiger partial charge in [-0.2, -0.15) is 0 Å². The van der Waals surface area contributed by atoms with Crippen LogP contribution in [0.5, 0.6) is 5.75 Å². The molecule has 3 heteroatoms. The van der Waals surface area contributed by atoms with Crippen molar-refractivity contribution in [1.82, 2.24) is 10.3 Å². The van der Waals surface area contributed by atoms with Crippen molar-refractivity contribution in [2.45, 2.75) is 32.1 Å². The Bertz CT molecular complexity index is 573. The van der Waals surface area contributed by atoms with E-state index in [9.17, 15) is 0 Å². The van der Waals surface area contributed by atoms with Crippen molar-refractivity contribution in [2.24, 2.45) is 0 Å². The quantitative estimate of drug-likeness (QED) is 0.887. The van der Waals surface area contributed by atoms with Crippen LogP contribution in [0.15, 0.2) is 18.2 Å². The lowest BCUT2D eigenvalue weighted by molar-refractivity contribution is 0.415. The second-order valence-corrected chi connectivity index (χ2v) is 5.37. The van der Waals surface area contributed by atoms with Gasteiger partial charge < -0.3 is 15.0 Å². The first-order valence-corrected chi connectivity index (χ1v) is 7.22. The van der Waals surface area contributed by atoms with Gasteiger partial charge in [0.05, 0.1) is 7.11 Å². The predicted octanol–water partition coefficient (Wildman–Crippen LogP) is 3.21. The van der Waals surface area contributed by atoms with E-state index in [2.05, 4.69) is 35.4 Å². The smallest absolute Gasteiger partial charge is 0.120 e. The van der Waals surface area contributed by atoms with Gasteiger partial charge in [-0.1, -0.05) is 13.3 Å². The molecule has 3 rings (SSSR count). The number of fused-ring (bicyclic) bond motifs is 3. The van der Waals surface area contributed by atoms with Crippen molar-refractivity contribution >= 4 is 10.9 Å². The molecule has 0 aliphatic carbocycles. The molecule has 0 bridgehead atoms. The molecule has 1 atom stereocenters. The van der Waals surface area contributed by atoms with Gasteiger partial charge in [-0.3, -0.25) is 0 Å². The molecule has 1 aromatic carbocycles. The third kappa shape index (κ3) is 2.23. The Morgan fingerprint density at radius 3 is 3.05 bits per heavy atom. The number of nitrogens with one attached hydrogen (secondary N) is 2. The summed E-state index contributed by atoms with van der Waals surface area (Å²) < 4.78 is 5.32. The maximum Gasteiger partial charge on any atom is 0.120 e. The summed E-state index contributed by atoms with van der Waals surface area (Å²) in [6, 6.07) is 6.36. The SMILES string of the molecule is CCCC1CNCCc2c1[nH]c1cc(OC)ccc21. The van der Waals surface area contributed by atoms with E-state index in [4.69, 9.17) is 4.74 Å². The molecular formula is C16H22N2O. The molecule has 2 aromatic rings. The zero-order chi connectivity index (χ0) is 13.2. The molecule has 1 unspecified atom stereocenters. The van der Waals surface area contributed by atoms with E-state index in [1.54, 1.807) is 7.11 Å². The number of aromatic nitrogens is 1. The lowest BCUT2D eigenvalue weighted by atomic mass is 9.96. The van der Waals surface area contributed by atoms with E-state index in [0.29, 0.717) is 5.92 Å². The van der Waals surface area contributed by atoms with Crippen LogP contribution in [-0.2, 0) is 6.42 Å². The highest BCUT2D eigenvalue weighted by atomic mass is 16.5. The van der Waals surface area contributed by atoms with Crippen LogP contribution in [0.4, 0.5) is 0 Å². The lowest BCUT2D eigenvalue weighted by Gasteiger charge is -2.13. The van der Waals surface area contributed by atoms with Gasteiger partial charge in [0.15, 0.2) is 0 Å². The Morgan fingerprint density at radius 2 is 2.26 bits per heavy atom. The van der Waals surface area contributed by atoms with Crippen molar-refractivity contribution in [3.05, 3.63) is 29.5 Å². The molecule has 0 saturated carbocycles. The summed E-state index contributed by atoms with van der Waals surface area (Å²) in [5.74, 6) is 1.54. The maximum atomic E-state index is 5.32. The number of ether oxygens (including phenoxy) is 1. The molecule has 3 nitrogen and oxygen atoms in total. The summed E-state index contributed by atoms with van der Waals surface area (Å²) in [6.45, 7) is 4.42. The topological polar surface area (TPSA) is 37.0 Å². The largest absolute Gasteiger partial charge is 0.497 e. The van der Waals surface area contributed by atoms with E-state index < -0.39 is 0 Å². The summed E-state index contributed by atoms with van der Waals surface area (Å²) in [5.41, 5.74) is 4.16. The lowest BCUT2D eigenvalue weighted by Crippen LogP contribution is -2.20. The van der Waals surface area contributed by atoms with E-state index in [0.717, 1.165) is 25.3 Å². The van der Waals surface area contributed by atoms with Crippen molar-refractivity contribution in [2.75, 3.05) is 20.2 Å². The number of hydrogen-bond acceptors (Lipinski definition) is 2. The molecule has 0 radical (unpaired) electrons. The zero-order valence-electron chi connectivity index (χ0n) is 11.8. The van der Waals surface area contributed by atoms with Crippen molar-refractivity contribution in [1.29, 1.82) is 0 Å². The number of benzene rings is 1. The number of hydrogen-bond donors (Lipinski definition) is 2. The number of aromatic amines is 1. The minimum absolute atomic E-state index is 0.612. The highest BCUT2D eigenvalue weighted by molar-refractivity contribution is 5.86. The average Bonchev–Trinajstić information content (AvgIpc) is 2.68. The van der Waals surface area contributed by atoms with Crippen LogP contribution in [0.3, 0.4) is 0 Å². The van der Waals surface area contributed by atoms with Crippen molar-refractivity contribution < 1.29 is 4.74 Å². The van der Waals surface area contributed by atoms with Gasteiger partial charge in [0.2, 0.25) is 0 Å². The second-order valence-electron chi connectivity index (χ2n) is 5.37. The fourth-order valence-corrected chi connectivity index (χ4v) is 3.19. The Hall–Kier alpha value is -1.48. The van der Waals surface area contributed by atoms with E-state index in [1.165, 1.54) is 35.0 Å². The normalized spacial score (nSPS) is 19.2. The Balaban J connectivity index is 2.11. The average molecular weight is 258 g/mol. The van der Waals surface area contributed by atoms with E-state index >= 15 is 0 Å². The Kier molecular flexibility index (Phi) is 3.47. The van der Waals surface area contributed by atoms with Crippen LogP contribution in [0.2, 0.25) is 0 Å². The molecule has 0 spiro atoms. The molecule has 0 saturated heterocycles. The predicted molar refractivity (Wildman–Crippen MR) is 79.1 cm³/mol. The van der Waals surface area contributed by atoms with Gasteiger partial charge >= 0.3 is 0 Å². The second kappa shape index (κ2) is 5.25. The highest BCUT2D eigenvalue weighted by Crippen LogP contribution is 2.33. The van der Waals surface area contributed by atoms with Gasteiger partial charge in [-0.05, 0) is 37.1 Å². The van der Waals surface area contributed by atoms with Crippen LogP contribution in [0.1, 0.15) is 36.9 Å². The molecule has 0 fully saturated rings. The molecule has 102 valence electrons. The number of H-pyrrole nitrogens is 1. The van der Waals surface area contributed by atoms with Crippen LogP contribution in [0, 0.1) is 0 Å². The van der Waals surface area contributed by atoms with Gasteiger partial charge in [-0.15, -0.1) is 0 Å². The van der Waals surface area contributed by atoms with Crippen LogP contribution < -0.4 is 10.1 Å². The third-order valence-electron chi connectivity index (χ3n) is 4.13. The molecule has 2 heterocycles. The molecule has 0 amide bonds. The van der Waals surface area contributed by atoms with E-state index in [1.807, 2.05) is 0 Å². The molecule has 1 aromatic heterocycles. The third-order valence-corrected chi connectivity index (χ3v) is 4.13. The van der Waals surface area contributed by atoms with Crippen LogP contribution in [0.25, 0.3) is 10.9 Å². The van der Waals surface area contributed by atoms with E-state index in [-0.39, 0.29) is 0 Å². The molecule has 19 heavy (non-hydrogen) atoms. The van der Waals surface area contributed by atoms with Gasteiger partial charge in [0.25, 0.3) is 0 Å². The first-order valence-electron chi connectivity index (χ1n) is 7.22. The Labute approximate surface area is 114 Å². The standard InChI is InChI=1S/C16H22N2O/c1-3-4-11-10-17-8-7-14-13-6-5-12(19-2)9-15(13)18-16(11)14/h5-6,9,11,17-18H,3-4,7-8,10H2,1-2H3. The zero-order valence-corrected chi connectivity index (χ0v) is 11.8. The number of rotatable bonds is 3. The first kappa shape index (κ1) is 12.5. The Morgan fingerprint density at radius 1 is 1.37 bits per heavy atom. The summed E-state index contributed by atoms with van der Waals surface area (Å²) >= 11 is 0. The fourth-order valence-electron chi connectivity index (χ4n) is 3.19.